The van der Waals surface area contributed by atoms with Gasteiger partial charge in [0.2, 0.25) is 0 Å². The van der Waals surface area contributed by atoms with Crippen LogP contribution in [0.5, 0.6) is 0 Å². The van der Waals surface area contributed by atoms with Crippen molar-refractivity contribution < 1.29 is 0 Å². The number of hydrogen-bond acceptors (Lipinski definition) is 4. The molecule has 0 aliphatic heterocycles. The molecule has 0 aliphatic rings. The second kappa shape index (κ2) is 5.52. The standard InChI is InChI=1S/C19H14N6/c1-2-8-14(9-3-1)19(24-17-12-6-4-10-15(17)20-22-24)25-18-13-7-5-11-16(18)21-23-25/h1-13,19H. The fraction of sp³-hybridized carbons (Fsp3) is 0.0526. The molecule has 0 spiro atoms. The summed E-state index contributed by atoms with van der Waals surface area (Å²) in [4.78, 5) is 0. The second-order valence-electron chi connectivity index (χ2n) is 5.83. The first-order valence-electron chi connectivity index (χ1n) is 8.06. The highest BCUT2D eigenvalue weighted by Gasteiger charge is 2.22. The number of fused-ring (bicyclic) bond motifs is 2. The summed E-state index contributed by atoms with van der Waals surface area (Å²) < 4.78 is 3.79. The topological polar surface area (TPSA) is 61.4 Å². The lowest BCUT2D eigenvalue weighted by molar-refractivity contribution is 0.421. The van der Waals surface area contributed by atoms with Gasteiger partial charge < -0.3 is 0 Å². The molecule has 120 valence electrons. The first kappa shape index (κ1) is 13.9. The maximum absolute atomic E-state index is 4.41. The number of aromatic nitrogens is 6. The lowest BCUT2D eigenvalue weighted by atomic mass is 10.1. The van der Waals surface area contributed by atoms with E-state index in [2.05, 4.69) is 32.8 Å². The van der Waals surface area contributed by atoms with Crippen LogP contribution in [0.1, 0.15) is 11.7 Å². The largest absolute Gasteiger partial charge is 0.215 e. The molecule has 0 unspecified atom stereocenters. The fourth-order valence-electron chi connectivity index (χ4n) is 3.15. The smallest absolute Gasteiger partial charge is 0.173 e. The zero-order chi connectivity index (χ0) is 16.6. The van der Waals surface area contributed by atoms with Gasteiger partial charge in [-0.3, -0.25) is 0 Å². The summed E-state index contributed by atoms with van der Waals surface area (Å²) in [5.74, 6) is 0. The molecule has 2 heterocycles. The molecule has 5 rings (SSSR count). The van der Waals surface area contributed by atoms with Crippen molar-refractivity contribution in [3.05, 3.63) is 84.4 Å². The Morgan fingerprint density at radius 3 is 1.60 bits per heavy atom. The zero-order valence-electron chi connectivity index (χ0n) is 13.3. The van der Waals surface area contributed by atoms with Crippen molar-refractivity contribution >= 4 is 22.1 Å². The minimum absolute atomic E-state index is 0.263. The van der Waals surface area contributed by atoms with Crippen molar-refractivity contribution in [2.75, 3.05) is 0 Å². The minimum Gasteiger partial charge on any atom is -0.215 e. The minimum atomic E-state index is -0.263. The number of para-hydroxylation sites is 2. The van der Waals surface area contributed by atoms with Gasteiger partial charge in [0, 0.05) is 0 Å². The van der Waals surface area contributed by atoms with Gasteiger partial charge in [-0.1, -0.05) is 65.0 Å². The molecule has 6 heteroatoms. The van der Waals surface area contributed by atoms with Crippen LogP contribution in [-0.2, 0) is 0 Å². The van der Waals surface area contributed by atoms with Gasteiger partial charge in [0.05, 0.1) is 11.0 Å². The molecule has 0 fully saturated rings. The van der Waals surface area contributed by atoms with Crippen LogP contribution in [0, 0.1) is 0 Å². The Morgan fingerprint density at radius 1 is 0.560 bits per heavy atom. The molecule has 0 N–H and O–H groups in total. The van der Waals surface area contributed by atoms with Gasteiger partial charge in [0.25, 0.3) is 0 Å². The van der Waals surface area contributed by atoms with Crippen LogP contribution in [0.15, 0.2) is 78.9 Å². The summed E-state index contributed by atoms with van der Waals surface area (Å²) in [5, 5.41) is 17.4. The summed E-state index contributed by atoms with van der Waals surface area (Å²) in [7, 11) is 0. The molecule has 2 aromatic heterocycles. The third kappa shape index (κ3) is 2.19. The van der Waals surface area contributed by atoms with Gasteiger partial charge in [0.15, 0.2) is 6.17 Å². The fourth-order valence-corrected chi connectivity index (χ4v) is 3.15. The van der Waals surface area contributed by atoms with Crippen molar-refractivity contribution in [2.45, 2.75) is 6.17 Å². The first-order valence-corrected chi connectivity index (χ1v) is 8.06. The Hall–Kier alpha value is -3.54. The molecular formula is C19H14N6. The highest BCUT2D eigenvalue weighted by Crippen LogP contribution is 2.26. The second-order valence-corrected chi connectivity index (χ2v) is 5.83. The van der Waals surface area contributed by atoms with Gasteiger partial charge in [-0.2, -0.15) is 0 Å². The van der Waals surface area contributed by atoms with Crippen molar-refractivity contribution in [1.29, 1.82) is 0 Å². The van der Waals surface area contributed by atoms with E-state index in [4.69, 9.17) is 0 Å². The van der Waals surface area contributed by atoms with Crippen LogP contribution in [-0.4, -0.2) is 30.0 Å². The molecule has 0 bridgehead atoms. The molecule has 6 nitrogen and oxygen atoms in total. The van der Waals surface area contributed by atoms with E-state index in [-0.39, 0.29) is 6.17 Å². The molecule has 0 radical (unpaired) electrons. The van der Waals surface area contributed by atoms with Crippen LogP contribution in [0.3, 0.4) is 0 Å². The SMILES string of the molecule is c1ccc(C(n2nnc3ccccc32)n2nnc3ccccc32)cc1. The number of hydrogen-bond donors (Lipinski definition) is 0. The van der Waals surface area contributed by atoms with Gasteiger partial charge >= 0.3 is 0 Å². The number of benzene rings is 3. The van der Waals surface area contributed by atoms with Crippen LogP contribution in [0.25, 0.3) is 22.1 Å². The average molecular weight is 326 g/mol. The maximum Gasteiger partial charge on any atom is 0.173 e. The number of rotatable bonds is 3. The van der Waals surface area contributed by atoms with Gasteiger partial charge in [-0.25, -0.2) is 9.36 Å². The molecule has 0 saturated heterocycles. The molecule has 25 heavy (non-hydrogen) atoms. The first-order chi connectivity index (χ1) is 12.4. The molecule has 0 atom stereocenters. The average Bonchev–Trinajstić information content (AvgIpc) is 3.29. The lowest BCUT2D eigenvalue weighted by Crippen LogP contribution is -2.22. The Morgan fingerprint density at radius 2 is 1.04 bits per heavy atom. The molecular weight excluding hydrogens is 312 g/mol. The summed E-state index contributed by atoms with van der Waals surface area (Å²) in [6, 6.07) is 26.0. The number of nitrogens with zero attached hydrogens (tertiary/aromatic N) is 6. The highest BCUT2D eigenvalue weighted by molar-refractivity contribution is 5.76. The third-order valence-corrected chi connectivity index (χ3v) is 4.32. The third-order valence-electron chi connectivity index (χ3n) is 4.32. The van der Waals surface area contributed by atoms with E-state index >= 15 is 0 Å². The van der Waals surface area contributed by atoms with Crippen molar-refractivity contribution in [2.24, 2.45) is 0 Å². The van der Waals surface area contributed by atoms with Crippen molar-refractivity contribution in [3.63, 3.8) is 0 Å². The Kier molecular flexibility index (Phi) is 3.06. The quantitative estimate of drug-likeness (QED) is 0.510. The van der Waals surface area contributed by atoms with E-state index in [1.54, 1.807) is 0 Å². The monoisotopic (exact) mass is 326 g/mol. The van der Waals surface area contributed by atoms with Gasteiger partial charge in [-0.05, 0) is 29.8 Å². The molecule has 5 aromatic rings. The highest BCUT2D eigenvalue weighted by atomic mass is 15.6. The van der Waals surface area contributed by atoms with E-state index < -0.39 is 0 Å². The molecule has 0 aliphatic carbocycles. The van der Waals surface area contributed by atoms with Crippen molar-refractivity contribution in [1.82, 2.24) is 30.0 Å². The Balaban J connectivity index is 1.81. The van der Waals surface area contributed by atoms with E-state index in [9.17, 15) is 0 Å². The van der Waals surface area contributed by atoms with E-state index in [0.717, 1.165) is 27.6 Å². The summed E-state index contributed by atoms with van der Waals surface area (Å²) in [6.07, 6.45) is -0.263. The van der Waals surface area contributed by atoms with E-state index in [1.807, 2.05) is 76.1 Å². The van der Waals surface area contributed by atoms with E-state index in [0.29, 0.717) is 0 Å². The van der Waals surface area contributed by atoms with Crippen LogP contribution in [0.4, 0.5) is 0 Å². The summed E-state index contributed by atoms with van der Waals surface area (Å²) in [6.45, 7) is 0. The predicted octanol–water partition coefficient (Wildman–Crippen LogP) is 3.27. The molecule has 0 saturated carbocycles. The Bertz CT molecular complexity index is 1080. The van der Waals surface area contributed by atoms with Crippen LogP contribution in [0.2, 0.25) is 0 Å². The summed E-state index contributed by atoms with van der Waals surface area (Å²) >= 11 is 0. The normalized spacial score (nSPS) is 11.6. The van der Waals surface area contributed by atoms with Crippen LogP contribution < -0.4 is 0 Å². The van der Waals surface area contributed by atoms with Gasteiger partial charge in [0.1, 0.15) is 11.0 Å². The van der Waals surface area contributed by atoms with Crippen molar-refractivity contribution in [3.8, 4) is 0 Å². The van der Waals surface area contributed by atoms with Crippen LogP contribution >= 0.6 is 0 Å². The lowest BCUT2D eigenvalue weighted by Gasteiger charge is -2.19. The molecule has 0 amide bonds. The Labute approximate surface area is 143 Å². The molecule has 3 aromatic carbocycles. The zero-order valence-corrected chi connectivity index (χ0v) is 13.3. The van der Waals surface area contributed by atoms with E-state index in [1.165, 1.54) is 0 Å². The maximum atomic E-state index is 4.41. The van der Waals surface area contributed by atoms with Gasteiger partial charge in [-0.15, -0.1) is 10.2 Å². The predicted molar refractivity (Wildman–Crippen MR) is 95.0 cm³/mol. The summed E-state index contributed by atoms with van der Waals surface area (Å²) in [5.41, 5.74) is 4.68.